The van der Waals surface area contributed by atoms with Crippen molar-refractivity contribution in [1.82, 2.24) is 4.90 Å². The number of rotatable bonds is 7. The van der Waals surface area contributed by atoms with Crippen LogP contribution < -0.4 is 0 Å². The largest absolute Gasteiger partial charge is 0.466 e. The Hall–Kier alpha value is -2.54. The van der Waals surface area contributed by atoms with Crippen molar-refractivity contribution in [2.24, 2.45) is 0 Å². The Kier molecular flexibility index (Phi) is 6.57. The number of carbonyl (C=O) groups excluding carboxylic acids is 3. The number of benzene rings is 1. The van der Waals surface area contributed by atoms with Gasteiger partial charge in [0, 0.05) is 18.2 Å². The standard InChI is InChI=1S/C21H23NO5S/c1-3-5-15-7-9-16(10-8-15)18(24)12-27-21(25)17-13-28-20(22(17)14(2)23)19-6-4-11-26-19/h4,6-11,17,20H,3,5,12-13H2,1-2H3/t17-,20-/m1/s1. The van der Waals surface area contributed by atoms with Gasteiger partial charge in [0.1, 0.15) is 17.2 Å². The molecule has 1 saturated heterocycles. The van der Waals surface area contributed by atoms with Crippen molar-refractivity contribution < 1.29 is 23.5 Å². The predicted molar refractivity (Wildman–Crippen MR) is 106 cm³/mol. The number of furan rings is 1. The number of Topliss-reactive ketones (excluding diaryl/α,β-unsaturated/α-hetero) is 1. The van der Waals surface area contributed by atoms with Gasteiger partial charge in [0.05, 0.1) is 6.26 Å². The zero-order chi connectivity index (χ0) is 20.1. The lowest BCUT2D eigenvalue weighted by atomic mass is 10.1. The van der Waals surface area contributed by atoms with Gasteiger partial charge in [0.2, 0.25) is 5.91 Å². The number of nitrogens with zero attached hydrogens (tertiary/aromatic N) is 1. The fraction of sp³-hybridized carbons (Fsp3) is 0.381. The van der Waals surface area contributed by atoms with Gasteiger partial charge in [-0.3, -0.25) is 9.59 Å². The molecule has 0 N–H and O–H groups in total. The number of thioether (sulfide) groups is 1. The first-order valence-corrected chi connectivity index (χ1v) is 10.3. The summed E-state index contributed by atoms with van der Waals surface area (Å²) in [6.07, 6.45) is 3.53. The van der Waals surface area contributed by atoms with Gasteiger partial charge in [-0.15, -0.1) is 11.8 Å². The fourth-order valence-corrected chi connectivity index (χ4v) is 4.60. The number of carbonyl (C=O) groups is 3. The summed E-state index contributed by atoms with van der Waals surface area (Å²) in [4.78, 5) is 38.4. The van der Waals surface area contributed by atoms with Crippen molar-refractivity contribution in [3.8, 4) is 0 Å². The molecule has 1 aliphatic heterocycles. The van der Waals surface area contributed by atoms with Gasteiger partial charge in [-0.1, -0.05) is 37.6 Å². The molecule has 28 heavy (non-hydrogen) atoms. The van der Waals surface area contributed by atoms with Gasteiger partial charge in [-0.05, 0) is 24.1 Å². The molecule has 7 heteroatoms. The van der Waals surface area contributed by atoms with E-state index in [0.29, 0.717) is 17.1 Å². The molecule has 0 aliphatic carbocycles. The van der Waals surface area contributed by atoms with Crippen LogP contribution in [0.15, 0.2) is 47.1 Å². The van der Waals surface area contributed by atoms with Gasteiger partial charge < -0.3 is 14.1 Å². The van der Waals surface area contributed by atoms with Crippen LogP contribution >= 0.6 is 11.8 Å². The normalized spacial score (nSPS) is 18.9. The molecule has 1 aromatic carbocycles. The molecule has 3 rings (SSSR count). The second kappa shape index (κ2) is 9.10. The van der Waals surface area contributed by atoms with Crippen molar-refractivity contribution >= 4 is 29.4 Å². The third-order valence-corrected chi connectivity index (χ3v) is 5.87. The molecule has 148 valence electrons. The lowest BCUT2D eigenvalue weighted by Crippen LogP contribution is -2.43. The summed E-state index contributed by atoms with van der Waals surface area (Å²) in [6, 6.07) is 10.1. The first-order chi connectivity index (χ1) is 13.5. The number of esters is 1. The van der Waals surface area contributed by atoms with Crippen molar-refractivity contribution in [2.45, 2.75) is 38.1 Å². The van der Waals surface area contributed by atoms with E-state index in [9.17, 15) is 14.4 Å². The second-order valence-electron chi connectivity index (χ2n) is 6.62. The SMILES string of the molecule is CCCc1ccc(C(=O)COC(=O)[C@H]2CS[C@H](c3ccco3)N2C(C)=O)cc1. The lowest BCUT2D eigenvalue weighted by Gasteiger charge is -2.25. The van der Waals surface area contributed by atoms with E-state index in [1.165, 1.54) is 35.4 Å². The minimum absolute atomic E-state index is 0.244. The van der Waals surface area contributed by atoms with E-state index >= 15 is 0 Å². The highest BCUT2D eigenvalue weighted by Crippen LogP contribution is 2.41. The first-order valence-electron chi connectivity index (χ1n) is 9.24. The fourth-order valence-electron chi connectivity index (χ4n) is 3.19. The highest BCUT2D eigenvalue weighted by atomic mass is 32.2. The van der Waals surface area contributed by atoms with Crippen LogP contribution in [0.3, 0.4) is 0 Å². The van der Waals surface area contributed by atoms with E-state index in [4.69, 9.17) is 9.15 Å². The van der Waals surface area contributed by atoms with Gasteiger partial charge in [0.25, 0.3) is 0 Å². The molecular formula is C21H23NO5S. The van der Waals surface area contributed by atoms with Crippen LogP contribution in [0.4, 0.5) is 0 Å². The molecule has 2 atom stereocenters. The van der Waals surface area contributed by atoms with Gasteiger partial charge in [-0.25, -0.2) is 4.79 Å². The maximum Gasteiger partial charge on any atom is 0.330 e. The van der Waals surface area contributed by atoms with E-state index < -0.39 is 12.0 Å². The average Bonchev–Trinajstić information content (AvgIpc) is 3.36. The Bertz CT molecular complexity index is 831. The zero-order valence-electron chi connectivity index (χ0n) is 15.9. The van der Waals surface area contributed by atoms with Crippen LogP contribution in [0.1, 0.15) is 47.3 Å². The molecule has 2 aromatic rings. The van der Waals surface area contributed by atoms with Crippen molar-refractivity contribution in [2.75, 3.05) is 12.4 Å². The molecule has 0 spiro atoms. The third kappa shape index (κ3) is 4.47. The first kappa shape index (κ1) is 20.2. The molecule has 1 aliphatic rings. The van der Waals surface area contributed by atoms with E-state index in [0.717, 1.165) is 12.8 Å². The molecule has 0 bridgehead atoms. The summed E-state index contributed by atoms with van der Waals surface area (Å²) in [5.41, 5.74) is 1.67. The number of hydrogen-bond donors (Lipinski definition) is 0. The zero-order valence-corrected chi connectivity index (χ0v) is 16.7. The summed E-state index contributed by atoms with van der Waals surface area (Å²) < 4.78 is 10.6. The van der Waals surface area contributed by atoms with Crippen molar-refractivity contribution in [3.05, 3.63) is 59.5 Å². The number of ether oxygens (including phenoxy) is 1. The van der Waals surface area contributed by atoms with Crippen molar-refractivity contribution in [1.29, 1.82) is 0 Å². The highest BCUT2D eigenvalue weighted by molar-refractivity contribution is 7.99. The second-order valence-corrected chi connectivity index (χ2v) is 7.73. The number of amides is 1. The van der Waals surface area contributed by atoms with Crippen LogP contribution in [0, 0.1) is 0 Å². The maximum absolute atomic E-state index is 12.5. The number of aryl methyl sites for hydroxylation is 1. The van der Waals surface area contributed by atoms with E-state index in [1.54, 1.807) is 24.3 Å². The molecule has 2 heterocycles. The minimum Gasteiger partial charge on any atom is -0.466 e. The summed E-state index contributed by atoms with van der Waals surface area (Å²) in [7, 11) is 0. The monoisotopic (exact) mass is 401 g/mol. The Morgan fingerprint density at radius 2 is 1.96 bits per heavy atom. The Morgan fingerprint density at radius 3 is 2.57 bits per heavy atom. The van der Waals surface area contributed by atoms with Crippen LogP contribution in [0.5, 0.6) is 0 Å². The molecule has 1 amide bonds. The Labute approximate surface area is 168 Å². The molecule has 0 saturated carbocycles. The van der Waals surface area contributed by atoms with E-state index in [1.807, 2.05) is 12.1 Å². The van der Waals surface area contributed by atoms with Crippen LogP contribution in [0.2, 0.25) is 0 Å². The predicted octanol–water partition coefficient (Wildman–Crippen LogP) is 3.62. The molecule has 6 nitrogen and oxygen atoms in total. The maximum atomic E-state index is 12.5. The van der Waals surface area contributed by atoms with Gasteiger partial charge in [0.15, 0.2) is 12.4 Å². The number of hydrogen-bond acceptors (Lipinski definition) is 6. The highest BCUT2D eigenvalue weighted by Gasteiger charge is 2.43. The van der Waals surface area contributed by atoms with Crippen molar-refractivity contribution in [3.63, 3.8) is 0 Å². The van der Waals surface area contributed by atoms with Crippen LogP contribution in [0.25, 0.3) is 0 Å². The van der Waals surface area contributed by atoms with Gasteiger partial charge in [-0.2, -0.15) is 0 Å². The van der Waals surface area contributed by atoms with Crippen LogP contribution in [-0.4, -0.2) is 41.0 Å². The molecule has 0 radical (unpaired) electrons. The van der Waals surface area contributed by atoms with E-state index in [-0.39, 0.29) is 23.7 Å². The lowest BCUT2D eigenvalue weighted by molar-refractivity contribution is -0.152. The third-order valence-electron chi connectivity index (χ3n) is 4.58. The molecular weight excluding hydrogens is 378 g/mol. The van der Waals surface area contributed by atoms with E-state index in [2.05, 4.69) is 6.92 Å². The van der Waals surface area contributed by atoms with Gasteiger partial charge >= 0.3 is 5.97 Å². The Balaban J connectivity index is 1.60. The van der Waals surface area contributed by atoms with Crippen LogP contribution in [-0.2, 0) is 20.7 Å². The smallest absolute Gasteiger partial charge is 0.330 e. The summed E-state index contributed by atoms with van der Waals surface area (Å²) in [6.45, 7) is 3.16. The minimum atomic E-state index is -0.739. The molecule has 1 aromatic heterocycles. The summed E-state index contributed by atoms with van der Waals surface area (Å²) in [5.74, 6) is -0.0828. The molecule has 1 fully saturated rings. The summed E-state index contributed by atoms with van der Waals surface area (Å²) >= 11 is 1.44. The topological polar surface area (TPSA) is 76.8 Å². The summed E-state index contributed by atoms with van der Waals surface area (Å²) in [5, 5.41) is -0.369. The quantitative estimate of drug-likeness (QED) is 0.521. The Morgan fingerprint density at radius 1 is 1.21 bits per heavy atom. The molecule has 0 unspecified atom stereocenters. The average molecular weight is 401 g/mol. The number of ketones is 1.